The predicted octanol–water partition coefficient (Wildman–Crippen LogP) is 5.98. The molecule has 0 saturated carbocycles. The highest BCUT2D eigenvalue weighted by molar-refractivity contribution is 5.99. The highest BCUT2D eigenvalue weighted by Crippen LogP contribution is 2.31. The Morgan fingerprint density at radius 2 is 1.67 bits per heavy atom. The molecule has 0 spiro atoms. The van der Waals surface area contributed by atoms with Crippen molar-refractivity contribution < 1.29 is 27.1 Å². The van der Waals surface area contributed by atoms with Crippen molar-refractivity contribution in [3.63, 3.8) is 0 Å². The van der Waals surface area contributed by atoms with Crippen LogP contribution in [0.2, 0.25) is 0 Å². The number of urea groups is 1. The Morgan fingerprint density at radius 3 is 2.38 bits per heavy atom. The molecule has 39 heavy (non-hydrogen) atoms. The van der Waals surface area contributed by atoms with E-state index in [1.807, 2.05) is 0 Å². The monoisotopic (exact) mass is 540 g/mol. The van der Waals surface area contributed by atoms with E-state index in [-0.39, 0.29) is 17.1 Å². The Labute approximate surface area is 221 Å². The van der Waals surface area contributed by atoms with Crippen LogP contribution in [0.5, 0.6) is 11.5 Å². The van der Waals surface area contributed by atoms with Gasteiger partial charge in [-0.05, 0) is 49.5 Å². The van der Waals surface area contributed by atoms with E-state index in [9.17, 15) is 22.4 Å². The Morgan fingerprint density at radius 1 is 0.923 bits per heavy atom. The Bertz CT molecular complexity index is 1510. The average Bonchev–Trinajstić information content (AvgIpc) is 2.90. The summed E-state index contributed by atoms with van der Waals surface area (Å²) in [6.45, 7) is 3.55. The van der Waals surface area contributed by atoms with E-state index < -0.39 is 23.6 Å². The van der Waals surface area contributed by atoms with Crippen molar-refractivity contribution in [2.24, 2.45) is 0 Å². The maximum atomic E-state index is 14.8. The first kappa shape index (κ1) is 26.2. The lowest BCUT2D eigenvalue weighted by Crippen LogP contribution is -2.44. The number of benzene rings is 3. The summed E-state index contributed by atoms with van der Waals surface area (Å²) in [5.41, 5.74) is 0.410. The number of fused-ring (bicyclic) bond motifs is 1. The normalized spacial score (nSPS) is 14.3. The Hall–Kier alpha value is -4.45. The number of aromatic nitrogens is 2. The van der Waals surface area contributed by atoms with Crippen LogP contribution in [0.15, 0.2) is 66.9 Å². The van der Waals surface area contributed by atoms with Crippen LogP contribution < -0.4 is 20.3 Å². The molecule has 0 bridgehead atoms. The number of hydrogen-bond acceptors (Lipinski definition) is 6. The summed E-state index contributed by atoms with van der Waals surface area (Å²) in [5.74, 6) is 0.289. The number of alkyl halides is 3. The number of ether oxygens (including phenoxy) is 1. The molecule has 4 aromatic rings. The molecule has 0 radical (unpaired) electrons. The molecule has 0 atom stereocenters. The smallest absolute Gasteiger partial charge is 0.416 e. The fourth-order valence-corrected chi connectivity index (χ4v) is 4.09. The molecular weight excluding hydrogens is 516 g/mol. The van der Waals surface area contributed by atoms with Gasteiger partial charge in [0.05, 0.1) is 22.8 Å². The molecule has 8 nitrogen and oxygen atoms in total. The lowest BCUT2D eigenvalue weighted by molar-refractivity contribution is -0.137. The topological polar surface area (TPSA) is 82.6 Å². The summed E-state index contributed by atoms with van der Waals surface area (Å²) in [6, 6.07) is 12.2. The molecule has 1 aromatic heterocycles. The van der Waals surface area contributed by atoms with E-state index in [2.05, 4.69) is 32.5 Å². The van der Waals surface area contributed by atoms with E-state index in [1.54, 1.807) is 24.4 Å². The molecule has 12 heteroatoms. The van der Waals surface area contributed by atoms with Crippen molar-refractivity contribution >= 4 is 34.3 Å². The Kier molecular flexibility index (Phi) is 7.20. The van der Waals surface area contributed by atoms with Crippen molar-refractivity contribution in [3.8, 4) is 11.5 Å². The van der Waals surface area contributed by atoms with Crippen LogP contribution in [-0.4, -0.2) is 54.1 Å². The van der Waals surface area contributed by atoms with Gasteiger partial charge in [0.25, 0.3) is 0 Å². The minimum atomic E-state index is -4.54. The highest BCUT2D eigenvalue weighted by atomic mass is 19.4. The second-order valence-corrected chi connectivity index (χ2v) is 9.07. The lowest BCUT2D eigenvalue weighted by Gasteiger charge is -2.33. The second kappa shape index (κ2) is 10.7. The molecule has 1 aliphatic rings. The fourth-order valence-electron chi connectivity index (χ4n) is 4.09. The molecule has 1 saturated heterocycles. The van der Waals surface area contributed by atoms with Gasteiger partial charge in [-0.2, -0.15) is 13.2 Å². The molecule has 5 rings (SSSR count). The van der Waals surface area contributed by atoms with Crippen molar-refractivity contribution in [2.45, 2.75) is 6.18 Å². The molecule has 0 unspecified atom stereocenters. The average molecular weight is 541 g/mol. The van der Waals surface area contributed by atoms with Gasteiger partial charge in [0.1, 0.15) is 11.6 Å². The van der Waals surface area contributed by atoms with Gasteiger partial charge in [0.2, 0.25) is 0 Å². The maximum absolute atomic E-state index is 14.8. The number of amides is 2. The van der Waals surface area contributed by atoms with E-state index in [4.69, 9.17) is 9.72 Å². The zero-order valence-electron chi connectivity index (χ0n) is 20.8. The summed E-state index contributed by atoms with van der Waals surface area (Å²) in [5, 5.41) is 4.69. The first-order valence-electron chi connectivity index (χ1n) is 12.1. The van der Waals surface area contributed by atoms with E-state index in [0.717, 1.165) is 50.2 Å². The van der Waals surface area contributed by atoms with Crippen LogP contribution in [0.25, 0.3) is 11.0 Å². The minimum Gasteiger partial charge on any atom is -0.454 e. The molecule has 2 amide bonds. The van der Waals surface area contributed by atoms with Gasteiger partial charge in [0.15, 0.2) is 11.6 Å². The van der Waals surface area contributed by atoms with Crippen molar-refractivity contribution in [1.29, 1.82) is 0 Å². The van der Waals surface area contributed by atoms with Crippen LogP contribution >= 0.6 is 0 Å². The number of hydrogen-bond donors (Lipinski definition) is 2. The van der Waals surface area contributed by atoms with Gasteiger partial charge in [0, 0.05) is 49.7 Å². The van der Waals surface area contributed by atoms with Crippen molar-refractivity contribution in [2.75, 3.05) is 48.8 Å². The molecule has 2 N–H and O–H groups in total. The SMILES string of the molecule is CN1CCN(c2cnc3ccc(Oc4ccc(NC(=O)Nc5cccc(C(F)(F)F)c5)cc4F)cc3n2)CC1. The van der Waals surface area contributed by atoms with Crippen LogP contribution in [0.4, 0.5) is 39.5 Å². The summed E-state index contributed by atoms with van der Waals surface area (Å²) >= 11 is 0. The quantitative estimate of drug-likeness (QED) is 0.303. The van der Waals surface area contributed by atoms with E-state index in [0.29, 0.717) is 16.8 Å². The fraction of sp³-hybridized carbons (Fsp3) is 0.222. The molecule has 0 aliphatic carbocycles. The van der Waals surface area contributed by atoms with Gasteiger partial charge in [-0.3, -0.25) is 4.98 Å². The summed E-state index contributed by atoms with van der Waals surface area (Å²) in [7, 11) is 2.07. The highest BCUT2D eigenvalue weighted by Gasteiger charge is 2.30. The largest absolute Gasteiger partial charge is 0.454 e. The van der Waals surface area contributed by atoms with Crippen LogP contribution in [0.3, 0.4) is 0 Å². The number of carbonyl (C=O) groups excluding carboxylic acids is 1. The number of nitrogens with one attached hydrogen (secondary N) is 2. The number of halogens is 4. The number of likely N-dealkylation sites (N-methyl/N-ethyl adjacent to an activating group) is 1. The number of rotatable bonds is 5. The maximum Gasteiger partial charge on any atom is 0.416 e. The van der Waals surface area contributed by atoms with Gasteiger partial charge >= 0.3 is 12.2 Å². The molecule has 3 aromatic carbocycles. The van der Waals surface area contributed by atoms with Crippen molar-refractivity contribution in [3.05, 3.63) is 78.2 Å². The Balaban J connectivity index is 1.25. The zero-order valence-corrected chi connectivity index (χ0v) is 20.8. The first-order chi connectivity index (χ1) is 18.6. The first-order valence-corrected chi connectivity index (χ1v) is 12.1. The van der Waals surface area contributed by atoms with Crippen molar-refractivity contribution in [1.82, 2.24) is 14.9 Å². The molecule has 1 aliphatic heterocycles. The number of nitrogens with zero attached hydrogens (tertiary/aromatic N) is 4. The summed E-state index contributed by atoms with van der Waals surface area (Å²) in [4.78, 5) is 25.8. The molecule has 1 fully saturated rings. The predicted molar refractivity (Wildman–Crippen MR) is 140 cm³/mol. The van der Waals surface area contributed by atoms with Gasteiger partial charge in [-0.1, -0.05) is 6.07 Å². The minimum absolute atomic E-state index is 0.0575. The standard InChI is InChI=1S/C27H24F4N6O2/c1-36-9-11-37(12-10-36)25-16-32-22-7-6-20(15-23(22)35-25)39-24-8-5-19(14-21(24)28)34-26(38)33-18-4-2-3-17(13-18)27(29,30)31/h2-8,13-16H,9-12H2,1H3,(H2,33,34,38). The third-order valence-electron chi connectivity index (χ3n) is 6.19. The molecular formula is C27H24F4N6O2. The van der Waals surface area contributed by atoms with Gasteiger partial charge in [-0.25, -0.2) is 14.2 Å². The third kappa shape index (κ3) is 6.34. The number of anilines is 3. The zero-order chi connectivity index (χ0) is 27.6. The van der Waals surface area contributed by atoms with E-state index >= 15 is 0 Å². The third-order valence-corrected chi connectivity index (χ3v) is 6.19. The van der Waals surface area contributed by atoms with Gasteiger partial charge in [-0.15, -0.1) is 0 Å². The number of carbonyl (C=O) groups is 1. The van der Waals surface area contributed by atoms with Gasteiger partial charge < -0.3 is 25.2 Å². The molecule has 202 valence electrons. The summed E-state index contributed by atoms with van der Waals surface area (Å²) in [6.07, 6.45) is -2.81. The van der Waals surface area contributed by atoms with E-state index in [1.165, 1.54) is 24.3 Å². The second-order valence-electron chi connectivity index (χ2n) is 9.07. The molecule has 2 heterocycles. The summed E-state index contributed by atoms with van der Waals surface area (Å²) < 4.78 is 59.2. The van der Waals surface area contributed by atoms with Crippen LogP contribution in [0.1, 0.15) is 5.56 Å². The van der Waals surface area contributed by atoms with Crippen LogP contribution in [0, 0.1) is 5.82 Å². The number of piperazine rings is 1. The lowest BCUT2D eigenvalue weighted by atomic mass is 10.2. The van der Waals surface area contributed by atoms with Crippen LogP contribution in [-0.2, 0) is 6.18 Å².